The molecule has 1 N–H and O–H groups in total. The minimum atomic E-state index is -3.54. The lowest BCUT2D eigenvalue weighted by Crippen LogP contribution is -2.25. The molecular formula is C14H16N2O4S. The van der Waals surface area contributed by atoms with E-state index in [1.54, 1.807) is 6.20 Å². The smallest absolute Gasteiger partial charge is 0.240 e. The van der Waals surface area contributed by atoms with Crippen LogP contribution in [0.25, 0.3) is 0 Å². The zero-order valence-electron chi connectivity index (χ0n) is 11.6. The highest BCUT2D eigenvalue weighted by Gasteiger charge is 2.13. The van der Waals surface area contributed by atoms with Crippen LogP contribution in [0.15, 0.2) is 46.1 Å². The van der Waals surface area contributed by atoms with Crippen molar-refractivity contribution in [2.45, 2.75) is 24.7 Å². The maximum atomic E-state index is 12.0. The lowest BCUT2D eigenvalue weighted by molar-refractivity contribution is 0.101. The Kier molecular flexibility index (Phi) is 4.87. The third-order valence-corrected chi connectivity index (χ3v) is 4.47. The van der Waals surface area contributed by atoms with E-state index in [4.69, 9.17) is 4.52 Å². The van der Waals surface area contributed by atoms with Crippen molar-refractivity contribution < 1.29 is 17.7 Å². The molecule has 0 aliphatic carbocycles. The van der Waals surface area contributed by atoms with Crippen LogP contribution in [-0.4, -0.2) is 25.9 Å². The normalized spacial score (nSPS) is 11.5. The van der Waals surface area contributed by atoms with Crippen molar-refractivity contribution in [1.82, 2.24) is 9.88 Å². The van der Waals surface area contributed by atoms with Crippen LogP contribution in [0.3, 0.4) is 0 Å². The number of ketones is 1. The molecule has 1 aromatic carbocycles. The van der Waals surface area contributed by atoms with Gasteiger partial charge in [-0.05, 0) is 31.9 Å². The largest absolute Gasteiger partial charge is 0.364 e. The number of carbonyl (C=O) groups is 1. The number of sulfonamides is 1. The van der Waals surface area contributed by atoms with Crippen molar-refractivity contribution in [3.05, 3.63) is 47.9 Å². The molecule has 21 heavy (non-hydrogen) atoms. The van der Waals surface area contributed by atoms with Gasteiger partial charge in [-0.25, -0.2) is 13.1 Å². The Bertz CT molecular complexity index is 691. The molecule has 0 radical (unpaired) electrons. The van der Waals surface area contributed by atoms with E-state index in [2.05, 4.69) is 9.88 Å². The highest BCUT2D eigenvalue weighted by Crippen LogP contribution is 2.11. The van der Waals surface area contributed by atoms with Crippen LogP contribution >= 0.6 is 0 Å². The van der Waals surface area contributed by atoms with E-state index in [-0.39, 0.29) is 10.7 Å². The molecule has 0 aliphatic rings. The number of rotatable bonds is 7. The molecule has 7 heteroatoms. The topological polar surface area (TPSA) is 89.3 Å². The summed E-state index contributed by atoms with van der Waals surface area (Å²) < 4.78 is 31.3. The fourth-order valence-corrected chi connectivity index (χ4v) is 2.88. The van der Waals surface area contributed by atoms with E-state index in [1.807, 2.05) is 0 Å². The van der Waals surface area contributed by atoms with Gasteiger partial charge < -0.3 is 4.52 Å². The molecule has 0 atom stereocenters. The maximum Gasteiger partial charge on any atom is 0.240 e. The van der Waals surface area contributed by atoms with Crippen molar-refractivity contribution in [2.75, 3.05) is 6.54 Å². The maximum absolute atomic E-state index is 12.0. The Morgan fingerprint density at radius 1 is 1.29 bits per heavy atom. The molecule has 0 saturated carbocycles. The first-order valence-electron chi connectivity index (χ1n) is 6.48. The Balaban J connectivity index is 1.90. The molecule has 2 rings (SSSR count). The highest BCUT2D eigenvalue weighted by molar-refractivity contribution is 7.89. The van der Waals surface area contributed by atoms with Crippen LogP contribution in [0.5, 0.6) is 0 Å². The zero-order chi connectivity index (χ0) is 15.3. The van der Waals surface area contributed by atoms with Crippen LogP contribution in [0.1, 0.15) is 29.3 Å². The van der Waals surface area contributed by atoms with Crippen molar-refractivity contribution in [3.63, 3.8) is 0 Å². The first kappa shape index (κ1) is 15.4. The zero-order valence-corrected chi connectivity index (χ0v) is 12.4. The highest BCUT2D eigenvalue weighted by atomic mass is 32.2. The number of nitrogens with one attached hydrogen (secondary N) is 1. The summed E-state index contributed by atoms with van der Waals surface area (Å²) >= 11 is 0. The molecule has 0 spiro atoms. The van der Waals surface area contributed by atoms with Crippen LogP contribution in [0.2, 0.25) is 0 Å². The summed E-state index contributed by atoms with van der Waals surface area (Å²) in [6, 6.07) is 5.88. The van der Waals surface area contributed by atoms with E-state index in [0.29, 0.717) is 24.9 Å². The van der Waals surface area contributed by atoms with Gasteiger partial charge in [-0.2, -0.15) is 0 Å². The van der Waals surface area contributed by atoms with Crippen LogP contribution in [0, 0.1) is 0 Å². The SMILES string of the molecule is CC(=O)c1ccc(S(=O)(=O)NCCCc2cnoc2)cc1. The minimum Gasteiger partial charge on any atom is -0.364 e. The van der Waals surface area contributed by atoms with Crippen LogP contribution < -0.4 is 4.72 Å². The summed E-state index contributed by atoms with van der Waals surface area (Å²) in [7, 11) is -3.54. The Hall–Kier alpha value is -1.99. The molecule has 0 fully saturated rings. The number of aryl methyl sites for hydroxylation is 1. The number of aromatic nitrogens is 1. The van der Waals surface area contributed by atoms with Gasteiger partial charge in [0.25, 0.3) is 0 Å². The van der Waals surface area contributed by atoms with Gasteiger partial charge in [-0.1, -0.05) is 17.3 Å². The van der Waals surface area contributed by atoms with Crippen molar-refractivity contribution in [1.29, 1.82) is 0 Å². The van der Waals surface area contributed by atoms with Crippen LogP contribution in [-0.2, 0) is 16.4 Å². The Morgan fingerprint density at radius 2 is 2.00 bits per heavy atom. The molecule has 0 aliphatic heterocycles. The summed E-state index contributed by atoms with van der Waals surface area (Å²) in [6.45, 7) is 1.76. The molecule has 0 unspecified atom stereocenters. The first-order chi connectivity index (χ1) is 9.99. The first-order valence-corrected chi connectivity index (χ1v) is 7.96. The second-order valence-corrected chi connectivity index (χ2v) is 6.38. The Morgan fingerprint density at radius 3 is 2.57 bits per heavy atom. The predicted octanol–water partition coefficient (Wildman–Crippen LogP) is 1.79. The van der Waals surface area contributed by atoms with Gasteiger partial charge in [0.1, 0.15) is 6.26 Å². The number of nitrogens with zero attached hydrogens (tertiary/aromatic N) is 1. The van der Waals surface area contributed by atoms with Crippen molar-refractivity contribution in [2.24, 2.45) is 0 Å². The summed E-state index contributed by atoms with van der Waals surface area (Å²) in [4.78, 5) is 11.3. The summed E-state index contributed by atoms with van der Waals surface area (Å²) in [5, 5.41) is 3.58. The van der Waals surface area contributed by atoms with E-state index >= 15 is 0 Å². The molecular weight excluding hydrogens is 292 g/mol. The molecule has 6 nitrogen and oxygen atoms in total. The number of Topliss-reactive ketones (excluding diaryl/α,β-unsaturated/α-hetero) is 1. The third kappa shape index (κ3) is 4.24. The van der Waals surface area contributed by atoms with Gasteiger partial charge in [0.15, 0.2) is 5.78 Å². The van der Waals surface area contributed by atoms with Crippen LogP contribution in [0.4, 0.5) is 0 Å². The average Bonchev–Trinajstić information content (AvgIpc) is 2.97. The van der Waals surface area contributed by atoms with E-state index < -0.39 is 10.0 Å². The van der Waals surface area contributed by atoms with Gasteiger partial charge in [0, 0.05) is 17.7 Å². The molecule has 0 bridgehead atoms. The summed E-state index contributed by atoms with van der Waals surface area (Å²) in [5.74, 6) is -0.0966. The summed E-state index contributed by atoms with van der Waals surface area (Å²) in [6.07, 6.45) is 4.48. The predicted molar refractivity (Wildman–Crippen MR) is 76.5 cm³/mol. The van der Waals surface area contributed by atoms with Gasteiger partial charge in [-0.15, -0.1) is 0 Å². The van der Waals surface area contributed by atoms with Gasteiger partial charge in [0.05, 0.1) is 11.1 Å². The molecule has 112 valence electrons. The number of hydrogen-bond acceptors (Lipinski definition) is 5. The minimum absolute atomic E-state index is 0.0966. The number of benzene rings is 1. The second kappa shape index (κ2) is 6.64. The van der Waals surface area contributed by atoms with E-state index in [1.165, 1.54) is 37.5 Å². The van der Waals surface area contributed by atoms with Crippen molar-refractivity contribution in [3.8, 4) is 0 Å². The Labute approximate surface area is 123 Å². The second-order valence-electron chi connectivity index (χ2n) is 4.61. The molecule has 1 aromatic heterocycles. The number of hydrogen-bond donors (Lipinski definition) is 1. The fourth-order valence-electron chi connectivity index (χ4n) is 1.80. The lowest BCUT2D eigenvalue weighted by Gasteiger charge is -2.06. The van der Waals surface area contributed by atoms with Gasteiger partial charge >= 0.3 is 0 Å². The van der Waals surface area contributed by atoms with E-state index in [0.717, 1.165) is 5.56 Å². The summed E-state index contributed by atoms with van der Waals surface area (Å²) in [5.41, 5.74) is 1.42. The molecule has 0 saturated heterocycles. The fraction of sp³-hybridized carbons (Fsp3) is 0.286. The van der Waals surface area contributed by atoms with Crippen molar-refractivity contribution >= 4 is 15.8 Å². The average molecular weight is 308 g/mol. The monoisotopic (exact) mass is 308 g/mol. The van der Waals surface area contributed by atoms with E-state index in [9.17, 15) is 13.2 Å². The quantitative estimate of drug-likeness (QED) is 0.622. The lowest BCUT2D eigenvalue weighted by atomic mass is 10.2. The standard InChI is InChI=1S/C14H16N2O4S/c1-11(17)13-4-6-14(7-5-13)21(18,19)16-8-2-3-12-9-15-20-10-12/h4-7,9-10,16H,2-3,8H2,1H3. The molecule has 1 heterocycles. The number of carbonyl (C=O) groups excluding carboxylic acids is 1. The molecule has 0 amide bonds. The van der Waals surface area contributed by atoms with Gasteiger partial charge in [0.2, 0.25) is 10.0 Å². The van der Waals surface area contributed by atoms with Gasteiger partial charge in [-0.3, -0.25) is 4.79 Å². The third-order valence-electron chi connectivity index (χ3n) is 2.99. The molecule has 2 aromatic rings.